The van der Waals surface area contributed by atoms with Crippen LogP contribution in [0, 0.1) is 5.41 Å². The molecule has 0 aromatic heterocycles. The second kappa shape index (κ2) is 11.7. The van der Waals surface area contributed by atoms with E-state index >= 15 is 0 Å². The summed E-state index contributed by atoms with van der Waals surface area (Å²) in [5.74, 6) is -0.132. The molecule has 1 atom stereocenters. The Morgan fingerprint density at radius 1 is 1.08 bits per heavy atom. The van der Waals surface area contributed by atoms with Crippen LogP contribution in [0.1, 0.15) is 24.5 Å². The fourth-order valence-electron chi connectivity index (χ4n) is 4.00. The molecule has 0 saturated carbocycles. The molecule has 0 heterocycles. The molecule has 3 aromatic carbocycles. The number of nitrogens with one attached hydrogen (secondary N) is 2. The van der Waals surface area contributed by atoms with Crippen LogP contribution in [0.3, 0.4) is 0 Å². The molecule has 1 unspecified atom stereocenters. The quantitative estimate of drug-likeness (QED) is 0.255. The zero-order valence-corrected chi connectivity index (χ0v) is 21.2. The van der Waals surface area contributed by atoms with Gasteiger partial charge in [0, 0.05) is 22.9 Å². The van der Waals surface area contributed by atoms with Crippen molar-refractivity contribution in [1.82, 2.24) is 5.32 Å². The van der Waals surface area contributed by atoms with Crippen LogP contribution < -0.4 is 15.4 Å². The lowest BCUT2D eigenvalue weighted by atomic mass is 9.99. The lowest BCUT2D eigenvalue weighted by molar-refractivity contribution is 0.176. The molecule has 0 aliphatic heterocycles. The number of anilines is 1. The molecule has 11 heteroatoms. The Bertz CT molecular complexity index is 1410. The molecule has 5 N–H and O–H groups in total. The first-order valence-corrected chi connectivity index (χ1v) is 12.9. The van der Waals surface area contributed by atoms with Crippen molar-refractivity contribution in [2.24, 2.45) is 5.14 Å². The van der Waals surface area contributed by atoms with Crippen LogP contribution in [0.2, 0.25) is 0 Å². The van der Waals surface area contributed by atoms with Gasteiger partial charge in [0.05, 0.1) is 12.0 Å². The van der Waals surface area contributed by atoms with Crippen LogP contribution in [0.4, 0.5) is 15.3 Å². The Balaban J connectivity index is 1.88. The zero-order chi connectivity index (χ0) is 27.2. The Morgan fingerprint density at radius 3 is 2.35 bits per heavy atom. The summed E-state index contributed by atoms with van der Waals surface area (Å²) in [5.41, 5.74) is 2.66. The summed E-state index contributed by atoms with van der Waals surface area (Å²) in [6, 6.07) is 19.4. The maximum absolute atomic E-state index is 12.3. The normalized spacial score (nSPS) is 11.9. The average molecular weight is 525 g/mol. The van der Waals surface area contributed by atoms with Gasteiger partial charge in [-0.25, -0.2) is 23.1 Å². The summed E-state index contributed by atoms with van der Waals surface area (Å²) < 4.78 is 28.5. The molecule has 0 aliphatic rings. The number of sulfonamides is 1. The van der Waals surface area contributed by atoms with E-state index in [4.69, 9.17) is 10.5 Å². The minimum absolute atomic E-state index is 0.0172. The number of amidine groups is 1. The number of methoxy groups -OCH3 is 1. The van der Waals surface area contributed by atoms with Crippen LogP contribution in [0.15, 0.2) is 77.7 Å². The number of carboxylic acid groups (broad SMARTS) is 1. The number of ether oxygens (including phenoxy) is 1. The predicted molar refractivity (Wildman–Crippen MR) is 140 cm³/mol. The number of rotatable bonds is 8. The van der Waals surface area contributed by atoms with Crippen molar-refractivity contribution >= 4 is 33.7 Å². The van der Waals surface area contributed by atoms with E-state index in [1.807, 2.05) is 13.0 Å². The van der Waals surface area contributed by atoms with Gasteiger partial charge >= 0.3 is 12.2 Å². The number of nitrogens with two attached hydrogens (primary N) is 1. The average Bonchev–Trinajstić information content (AvgIpc) is 2.88. The zero-order valence-electron chi connectivity index (χ0n) is 20.3. The molecular weight excluding hydrogens is 496 g/mol. The minimum Gasteiger partial charge on any atom is -0.465 e. The van der Waals surface area contributed by atoms with Crippen LogP contribution in [0.25, 0.3) is 11.1 Å². The van der Waals surface area contributed by atoms with Gasteiger partial charge in [0.15, 0.2) is 0 Å². The maximum atomic E-state index is 12.3. The number of carbonyl (C=O) groups excluding carboxylic acids is 1. The van der Waals surface area contributed by atoms with E-state index in [1.54, 1.807) is 60.7 Å². The van der Waals surface area contributed by atoms with Crippen molar-refractivity contribution in [2.75, 3.05) is 12.0 Å². The maximum Gasteiger partial charge on any atom is 0.412 e. The van der Waals surface area contributed by atoms with Crippen LogP contribution in [-0.2, 0) is 21.2 Å². The molecule has 3 aromatic rings. The van der Waals surface area contributed by atoms with Gasteiger partial charge in [0.2, 0.25) is 10.0 Å². The third-order valence-corrected chi connectivity index (χ3v) is 6.76. The molecule has 37 heavy (non-hydrogen) atoms. The van der Waals surface area contributed by atoms with Crippen LogP contribution in [0.5, 0.6) is 0 Å². The first-order valence-electron chi connectivity index (χ1n) is 11.3. The van der Waals surface area contributed by atoms with E-state index < -0.39 is 28.3 Å². The lowest BCUT2D eigenvalue weighted by Gasteiger charge is -2.29. The topological polar surface area (TPSA) is 163 Å². The summed E-state index contributed by atoms with van der Waals surface area (Å²) in [6.07, 6.45) is -1.03. The van der Waals surface area contributed by atoms with Gasteiger partial charge < -0.3 is 9.84 Å². The smallest absolute Gasteiger partial charge is 0.412 e. The highest BCUT2D eigenvalue weighted by molar-refractivity contribution is 7.89. The lowest BCUT2D eigenvalue weighted by Crippen LogP contribution is -2.40. The Hall–Kier alpha value is -4.22. The second-order valence-electron chi connectivity index (χ2n) is 8.20. The summed E-state index contributed by atoms with van der Waals surface area (Å²) >= 11 is 0. The standard InChI is InChI=1S/C26H28N4O6S/c1-3-20(16-17-7-6-8-19(15-17)24(27)29-25(31)36-2)30(26(32)33)21-13-11-18(12-14-21)22-9-4-5-10-23(22)37(28,34)35/h4-15,20H,3,16H2,1-2H3,(H,32,33)(H2,27,29,31)(H2,28,34,35). The van der Waals surface area contributed by atoms with E-state index in [2.05, 4.69) is 10.1 Å². The van der Waals surface area contributed by atoms with Crippen molar-refractivity contribution < 1.29 is 27.9 Å². The summed E-state index contributed by atoms with van der Waals surface area (Å²) in [5, 5.41) is 25.8. The first kappa shape index (κ1) is 27.4. The molecule has 194 valence electrons. The first-order chi connectivity index (χ1) is 17.5. The van der Waals surface area contributed by atoms with Crippen molar-refractivity contribution in [3.63, 3.8) is 0 Å². The molecule has 0 radical (unpaired) electrons. The molecule has 10 nitrogen and oxygen atoms in total. The summed E-state index contributed by atoms with van der Waals surface area (Å²) in [7, 11) is -2.74. The number of alkyl carbamates (subject to hydrolysis) is 1. The number of hydrogen-bond acceptors (Lipinski definition) is 6. The molecule has 2 amide bonds. The van der Waals surface area contributed by atoms with Crippen molar-refractivity contribution in [2.45, 2.75) is 30.7 Å². The van der Waals surface area contributed by atoms with Gasteiger partial charge in [0.25, 0.3) is 0 Å². The highest BCUT2D eigenvalue weighted by atomic mass is 32.2. The van der Waals surface area contributed by atoms with Crippen LogP contribution in [-0.4, -0.2) is 44.7 Å². The Labute approximate surface area is 215 Å². The number of primary sulfonamides is 1. The molecule has 3 rings (SSSR count). The molecule has 0 aliphatic carbocycles. The molecule has 0 spiro atoms. The SMILES string of the molecule is CCC(Cc1cccc(C(=N)NC(=O)OC)c1)N(C(=O)O)c1ccc(-c2ccccc2S(N)(=O)=O)cc1. The van der Waals surface area contributed by atoms with Gasteiger partial charge in [-0.3, -0.25) is 15.6 Å². The van der Waals surface area contributed by atoms with E-state index in [-0.39, 0.29) is 10.7 Å². The number of nitrogens with zero attached hydrogens (tertiary/aromatic N) is 1. The largest absolute Gasteiger partial charge is 0.465 e. The Kier molecular flexibility index (Phi) is 8.64. The van der Waals surface area contributed by atoms with Crippen LogP contribution >= 0.6 is 0 Å². The van der Waals surface area contributed by atoms with Crippen molar-refractivity contribution in [3.05, 3.63) is 83.9 Å². The second-order valence-corrected chi connectivity index (χ2v) is 9.73. The van der Waals surface area contributed by atoms with E-state index in [1.165, 1.54) is 18.1 Å². The van der Waals surface area contributed by atoms with Gasteiger partial charge in [0.1, 0.15) is 5.84 Å². The number of benzene rings is 3. The molecule has 0 bridgehead atoms. The summed E-state index contributed by atoms with van der Waals surface area (Å²) in [4.78, 5) is 25.0. The van der Waals surface area contributed by atoms with Gasteiger partial charge in [-0.05, 0) is 48.2 Å². The van der Waals surface area contributed by atoms with Gasteiger partial charge in [-0.15, -0.1) is 0 Å². The summed E-state index contributed by atoms with van der Waals surface area (Å²) in [6.45, 7) is 1.88. The van der Waals surface area contributed by atoms with Gasteiger partial charge in [-0.1, -0.05) is 55.5 Å². The number of hydrogen-bond donors (Lipinski definition) is 4. The predicted octanol–water partition coefficient (Wildman–Crippen LogP) is 4.19. The van der Waals surface area contributed by atoms with Crippen molar-refractivity contribution in [3.8, 4) is 11.1 Å². The molecule has 0 saturated heterocycles. The van der Waals surface area contributed by atoms with E-state index in [9.17, 15) is 23.1 Å². The highest BCUT2D eigenvalue weighted by Crippen LogP contribution is 2.30. The molecular formula is C26H28N4O6S. The van der Waals surface area contributed by atoms with Crippen molar-refractivity contribution in [1.29, 1.82) is 5.41 Å². The fourth-order valence-corrected chi connectivity index (χ4v) is 4.76. The number of amides is 2. The number of carbonyl (C=O) groups is 2. The monoisotopic (exact) mass is 524 g/mol. The molecule has 0 fully saturated rings. The Morgan fingerprint density at radius 2 is 1.76 bits per heavy atom. The van der Waals surface area contributed by atoms with Gasteiger partial charge in [-0.2, -0.15) is 0 Å². The van der Waals surface area contributed by atoms with E-state index in [0.29, 0.717) is 35.2 Å². The highest BCUT2D eigenvalue weighted by Gasteiger charge is 2.25. The fraction of sp³-hybridized carbons (Fsp3) is 0.192. The van der Waals surface area contributed by atoms with E-state index in [0.717, 1.165) is 5.56 Å². The third-order valence-electron chi connectivity index (χ3n) is 5.79. The minimum atomic E-state index is -3.94. The third kappa shape index (κ3) is 6.72.